The zero-order chi connectivity index (χ0) is 18.3. The van der Waals surface area contributed by atoms with Crippen molar-refractivity contribution >= 4 is 23.7 Å². The fourth-order valence-corrected chi connectivity index (χ4v) is 2.08. The molecule has 0 aromatic rings. The van der Waals surface area contributed by atoms with Gasteiger partial charge in [0.1, 0.15) is 6.54 Å². The molecule has 1 fully saturated rings. The molecule has 1 unspecified atom stereocenters. The van der Waals surface area contributed by atoms with Gasteiger partial charge in [-0.3, -0.25) is 14.4 Å². The molecule has 9 nitrogen and oxygen atoms in total. The van der Waals surface area contributed by atoms with Crippen LogP contribution < -0.4 is 10.6 Å². The number of carbonyl (C=O) groups is 3. The Morgan fingerprint density at radius 3 is 2.38 bits per heavy atom. The summed E-state index contributed by atoms with van der Waals surface area (Å²) in [7, 11) is 8.42. The molecule has 2 N–H and O–H groups in total. The van der Waals surface area contributed by atoms with E-state index in [1.54, 1.807) is 40.1 Å². The van der Waals surface area contributed by atoms with Gasteiger partial charge in [0.25, 0.3) is 0 Å². The Bertz CT molecular complexity index is 503. The summed E-state index contributed by atoms with van der Waals surface area (Å²) in [5, 5.41) is 6.14. The van der Waals surface area contributed by atoms with E-state index < -0.39 is 0 Å². The number of likely N-dealkylation sites (N-methyl/N-ethyl adjacent to an activating group) is 3. The molecule has 0 bridgehead atoms. The standard InChI is InChI=1S/C15H28N6O3/c1-19(2)13(23)8-16-15(17-9-14(24)20(3)4)18-11-6-7-12(22)21(5)10-11/h11H,6-10H2,1-5H3,(H2,16,17,18). The van der Waals surface area contributed by atoms with Gasteiger partial charge in [0.15, 0.2) is 5.96 Å². The number of carbonyl (C=O) groups excluding carboxylic acids is 3. The number of amides is 3. The van der Waals surface area contributed by atoms with Crippen LogP contribution in [0.15, 0.2) is 4.99 Å². The molecule has 0 aromatic heterocycles. The van der Waals surface area contributed by atoms with Gasteiger partial charge in [-0.05, 0) is 6.42 Å². The molecule has 136 valence electrons. The van der Waals surface area contributed by atoms with Gasteiger partial charge in [0, 0.05) is 54.2 Å². The summed E-state index contributed by atoms with van der Waals surface area (Å²) in [6.45, 7) is 0.624. The molecule has 0 spiro atoms. The number of piperidine rings is 1. The number of guanidine groups is 1. The fourth-order valence-electron chi connectivity index (χ4n) is 2.08. The van der Waals surface area contributed by atoms with Gasteiger partial charge in [0.05, 0.1) is 6.54 Å². The molecule has 0 radical (unpaired) electrons. The Balaban J connectivity index is 2.69. The topological polar surface area (TPSA) is 97.4 Å². The van der Waals surface area contributed by atoms with E-state index in [-0.39, 0.29) is 36.9 Å². The van der Waals surface area contributed by atoms with Gasteiger partial charge in [-0.1, -0.05) is 0 Å². The van der Waals surface area contributed by atoms with Crippen LogP contribution in [0.25, 0.3) is 0 Å². The molecule has 9 heteroatoms. The summed E-state index contributed by atoms with van der Waals surface area (Å²) in [6.07, 6.45) is 1.15. The lowest BCUT2D eigenvalue weighted by atomic mass is 10.1. The second-order valence-electron chi connectivity index (χ2n) is 6.25. The van der Waals surface area contributed by atoms with E-state index in [2.05, 4.69) is 15.6 Å². The number of hydrogen-bond acceptors (Lipinski definition) is 4. The molecular weight excluding hydrogens is 312 g/mol. The molecular formula is C15H28N6O3. The third-order valence-corrected chi connectivity index (χ3v) is 3.74. The molecule has 0 saturated carbocycles. The van der Waals surface area contributed by atoms with Crippen molar-refractivity contribution in [3.8, 4) is 0 Å². The van der Waals surface area contributed by atoms with Crippen LogP contribution in [0.3, 0.4) is 0 Å². The van der Waals surface area contributed by atoms with E-state index in [0.717, 1.165) is 0 Å². The highest BCUT2D eigenvalue weighted by molar-refractivity contribution is 5.88. The molecule has 0 aliphatic carbocycles. The number of hydrogen-bond donors (Lipinski definition) is 2. The highest BCUT2D eigenvalue weighted by atomic mass is 16.2. The molecule has 24 heavy (non-hydrogen) atoms. The summed E-state index contributed by atoms with van der Waals surface area (Å²) in [4.78, 5) is 43.8. The Morgan fingerprint density at radius 2 is 1.83 bits per heavy atom. The van der Waals surface area contributed by atoms with Crippen LogP contribution in [0, 0.1) is 0 Å². The molecule has 1 aliphatic rings. The monoisotopic (exact) mass is 340 g/mol. The number of aliphatic imine (C=N–C) groups is 1. The molecule has 1 heterocycles. The minimum absolute atomic E-state index is 0.0139. The summed E-state index contributed by atoms with van der Waals surface area (Å²) in [5.74, 6) is 0.281. The zero-order valence-electron chi connectivity index (χ0n) is 15.1. The van der Waals surface area contributed by atoms with E-state index in [9.17, 15) is 14.4 Å². The van der Waals surface area contributed by atoms with Crippen molar-refractivity contribution in [1.82, 2.24) is 25.3 Å². The van der Waals surface area contributed by atoms with Crippen molar-refractivity contribution in [2.24, 2.45) is 4.99 Å². The number of likely N-dealkylation sites (tertiary alicyclic amines) is 1. The average molecular weight is 340 g/mol. The maximum absolute atomic E-state index is 11.7. The van der Waals surface area contributed by atoms with Gasteiger partial charge in [-0.15, -0.1) is 0 Å². The van der Waals surface area contributed by atoms with Crippen molar-refractivity contribution in [3.05, 3.63) is 0 Å². The highest BCUT2D eigenvalue weighted by Crippen LogP contribution is 2.09. The second kappa shape index (κ2) is 9.09. The Morgan fingerprint density at radius 1 is 1.21 bits per heavy atom. The maximum Gasteiger partial charge on any atom is 0.243 e. The van der Waals surface area contributed by atoms with Gasteiger partial charge >= 0.3 is 0 Å². The lowest BCUT2D eigenvalue weighted by Crippen LogP contribution is -2.53. The van der Waals surface area contributed by atoms with E-state index in [1.807, 2.05) is 0 Å². The number of nitrogens with one attached hydrogen (secondary N) is 2. The van der Waals surface area contributed by atoms with Crippen LogP contribution in [0.2, 0.25) is 0 Å². The van der Waals surface area contributed by atoms with Crippen molar-refractivity contribution in [2.75, 3.05) is 54.9 Å². The largest absolute Gasteiger partial charge is 0.352 e. The Kier molecular flexibility index (Phi) is 7.47. The third kappa shape index (κ3) is 6.43. The fraction of sp³-hybridized carbons (Fsp3) is 0.733. The van der Waals surface area contributed by atoms with E-state index in [0.29, 0.717) is 25.3 Å². The highest BCUT2D eigenvalue weighted by Gasteiger charge is 2.23. The predicted octanol–water partition coefficient (Wildman–Crippen LogP) is -1.68. The van der Waals surface area contributed by atoms with Crippen LogP contribution in [-0.2, 0) is 14.4 Å². The molecule has 1 rings (SSSR count). The Labute approximate surface area is 143 Å². The van der Waals surface area contributed by atoms with Crippen molar-refractivity contribution < 1.29 is 14.4 Å². The molecule has 1 aliphatic heterocycles. The van der Waals surface area contributed by atoms with Gasteiger partial charge in [-0.2, -0.15) is 0 Å². The predicted molar refractivity (Wildman–Crippen MR) is 91.5 cm³/mol. The van der Waals surface area contributed by atoms with Gasteiger partial charge < -0.3 is 25.3 Å². The van der Waals surface area contributed by atoms with Gasteiger partial charge in [-0.25, -0.2) is 4.99 Å². The summed E-state index contributed by atoms with van der Waals surface area (Å²) < 4.78 is 0. The summed E-state index contributed by atoms with van der Waals surface area (Å²) in [5.41, 5.74) is 0. The molecule has 1 atom stereocenters. The first-order valence-electron chi connectivity index (χ1n) is 7.89. The van der Waals surface area contributed by atoms with Crippen LogP contribution in [0.1, 0.15) is 12.8 Å². The zero-order valence-corrected chi connectivity index (χ0v) is 15.1. The first-order valence-corrected chi connectivity index (χ1v) is 7.89. The second-order valence-corrected chi connectivity index (χ2v) is 6.25. The maximum atomic E-state index is 11.7. The quantitative estimate of drug-likeness (QED) is 0.460. The van der Waals surface area contributed by atoms with Crippen molar-refractivity contribution in [2.45, 2.75) is 18.9 Å². The van der Waals surface area contributed by atoms with Crippen molar-refractivity contribution in [3.63, 3.8) is 0 Å². The Hall–Kier alpha value is -2.32. The molecule has 3 amide bonds. The first-order chi connectivity index (χ1) is 11.2. The lowest BCUT2D eigenvalue weighted by Gasteiger charge is -2.31. The molecule has 0 aromatic carbocycles. The molecule has 1 saturated heterocycles. The van der Waals surface area contributed by atoms with Crippen LogP contribution >= 0.6 is 0 Å². The minimum atomic E-state index is -0.133. The number of rotatable bonds is 5. The van der Waals surface area contributed by atoms with E-state index in [1.165, 1.54) is 9.80 Å². The third-order valence-electron chi connectivity index (χ3n) is 3.74. The first kappa shape index (κ1) is 19.7. The lowest BCUT2D eigenvalue weighted by molar-refractivity contribution is -0.132. The SMILES string of the molecule is CN(C)C(=O)CN=C(NCC(=O)N(C)C)NC1CCC(=O)N(C)C1. The normalized spacial score (nSPS) is 18.2. The van der Waals surface area contributed by atoms with Crippen molar-refractivity contribution in [1.29, 1.82) is 0 Å². The number of nitrogens with zero attached hydrogens (tertiary/aromatic N) is 4. The van der Waals surface area contributed by atoms with E-state index in [4.69, 9.17) is 0 Å². The average Bonchev–Trinajstić information content (AvgIpc) is 2.52. The van der Waals surface area contributed by atoms with E-state index >= 15 is 0 Å². The minimum Gasteiger partial charge on any atom is -0.352 e. The smallest absolute Gasteiger partial charge is 0.243 e. The van der Waals surface area contributed by atoms with Crippen LogP contribution in [0.5, 0.6) is 0 Å². The summed E-state index contributed by atoms with van der Waals surface area (Å²) in [6, 6.07) is 0.0304. The van der Waals surface area contributed by atoms with Gasteiger partial charge in [0.2, 0.25) is 17.7 Å². The summed E-state index contributed by atoms with van der Waals surface area (Å²) >= 11 is 0. The van der Waals surface area contributed by atoms with Crippen LogP contribution in [-0.4, -0.2) is 99.3 Å². The van der Waals surface area contributed by atoms with Crippen LogP contribution in [0.4, 0.5) is 0 Å².